The Bertz CT molecular complexity index is 546. The molecule has 0 saturated heterocycles. The molecule has 0 spiro atoms. The SMILES string of the molecule is CC(=O)N(CCNS(C)(=O)=O)Cc1ccccc1Cl. The summed E-state index contributed by atoms with van der Waals surface area (Å²) in [5.41, 5.74) is 0.832. The van der Waals surface area contributed by atoms with Crippen molar-refractivity contribution in [1.82, 2.24) is 9.62 Å². The number of nitrogens with zero attached hydrogens (tertiary/aromatic N) is 1. The number of nitrogens with one attached hydrogen (secondary N) is 1. The van der Waals surface area contributed by atoms with E-state index >= 15 is 0 Å². The molecule has 0 fully saturated rings. The van der Waals surface area contributed by atoms with Crippen LogP contribution in [-0.2, 0) is 21.4 Å². The third-order valence-electron chi connectivity index (χ3n) is 2.51. The molecule has 0 saturated carbocycles. The lowest BCUT2D eigenvalue weighted by atomic mass is 10.2. The van der Waals surface area contributed by atoms with Crippen LogP contribution < -0.4 is 4.72 Å². The molecule has 1 aromatic rings. The van der Waals surface area contributed by atoms with E-state index in [0.717, 1.165) is 11.8 Å². The zero-order valence-electron chi connectivity index (χ0n) is 10.9. The zero-order chi connectivity index (χ0) is 14.5. The minimum atomic E-state index is -3.24. The van der Waals surface area contributed by atoms with Gasteiger partial charge in [-0.1, -0.05) is 29.8 Å². The molecule has 1 amide bonds. The van der Waals surface area contributed by atoms with Crippen molar-refractivity contribution in [2.24, 2.45) is 0 Å². The van der Waals surface area contributed by atoms with Gasteiger partial charge in [0.1, 0.15) is 0 Å². The number of carbonyl (C=O) groups excluding carboxylic acids is 1. The van der Waals surface area contributed by atoms with Gasteiger partial charge in [0, 0.05) is 31.6 Å². The molecule has 0 bridgehead atoms. The van der Waals surface area contributed by atoms with Crippen molar-refractivity contribution < 1.29 is 13.2 Å². The van der Waals surface area contributed by atoms with Crippen LogP contribution in [0.5, 0.6) is 0 Å². The molecule has 0 radical (unpaired) electrons. The number of rotatable bonds is 6. The van der Waals surface area contributed by atoms with Crippen LogP contribution in [0.2, 0.25) is 5.02 Å². The summed E-state index contributed by atoms with van der Waals surface area (Å²) in [6.07, 6.45) is 1.08. The highest BCUT2D eigenvalue weighted by Crippen LogP contribution is 2.16. The average Bonchev–Trinajstić information content (AvgIpc) is 2.28. The first kappa shape index (κ1) is 15.9. The number of hydrogen-bond acceptors (Lipinski definition) is 3. The van der Waals surface area contributed by atoms with Gasteiger partial charge in [0.15, 0.2) is 0 Å². The molecule has 19 heavy (non-hydrogen) atoms. The van der Waals surface area contributed by atoms with Gasteiger partial charge in [-0.2, -0.15) is 0 Å². The largest absolute Gasteiger partial charge is 0.337 e. The molecule has 0 aliphatic heterocycles. The maximum absolute atomic E-state index is 11.5. The second-order valence-electron chi connectivity index (χ2n) is 4.20. The normalized spacial score (nSPS) is 11.3. The Kier molecular flexibility index (Phi) is 5.78. The predicted molar refractivity (Wildman–Crippen MR) is 75.4 cm³/mol. The lowest BCUT2D eigenvalue weighted by Crippen LogP contribution is -2.36. The minimum Gasteiger partial charge on any atom is -0.337 e. The Balaban J connectivity index is 2.64. The lowest BCUT2D eigenvalue weighted by Gasteiger charge is -2.21. The quantitative estimate of drug-likeness (QED) is 0.860. The molecular weight excluding hydrogens is 288 g/mol. The van der Waals surface area contributed by atoms with E-state index in [2.05, 4.69) is 4.72 Å². The van der Waals surface area contributed by atoms with Gasteiger partial charge in [-0.05, 0) is 11.6 Å². The molecule has 0 unspecified atom stereocenters. The van der Waals surface area contributed by atoms with Crippen molar-refractivity contribution in [1.29, 1.82) is 0 Å². The van der Waals surface area contributed by atoms with Crippen LogP contribution in [-0.4, -0.2) is 38.6 Å². The number of benzene rings is 1. The Morgan fingerprint density at radius 1 is 1.37 bits per heavy atom. The second kappa shape index (κ2) is 6.88. The summed E-state index contributed by atoms with van der Waals surface area (Å²) in [7, 11) is -3.24. The van der Waals surface area contributed by atoms with Crippen LogP contribution in [0, 0.1) is 0 Å². The third kappa shape index (κ3) is 6.04. The van der Waals surface area contributed by atoms with Gasteiger partial charge in [-0.3, -0.25) is 4.79 Å². The zero-order valence-corrected chi connectivity index (χ0v) is 12.5. The van der Waals surface area contributed by atoms with E-state index in [1.54, 1.807) is 11.0 Å². The fraction of sp³-hybridized carbons (Fsp3) is 0.417. The number of halogens is 1. The van der Waals surface area contributed by atoms with E-state index in [9.17, 15) is 13.2 Å². The van der Waals surface area contributed by atoms with Crippen molar-refractivity contribution in [2.75, 3.05) is 19.3 Å². The van der Waals surface area contributed by atoms with Crippen LogP contribution >= 0.6 is 11.6 Å². The van der Waals surface area contributed by atoms with Crippen LogP contribution in [0.15, 0.2) is 24.3 Å². The van der Waals surface area contributed by atoms with Crippen molar-refractivity contribution in [3.8, 4) is 0 Å². The monoisotopic (exact) mass is 304 g/mol. The molecule has 0 aliphatic rings. The summed E-state index contributed by atoms with van der Waals surface area (Å²) in [6.45, 7) is 2.29. The Morgan fingerprint density at radius 3 is 2.53 bits per heavy atom. The standard InChI is InChI=1S/C12H17ClN2O3S/c1-10(16)15(8-7-14-19(2,17)18)9-11-5-3-4-6-12(11)13/h3-6,14H,7-9H2,1-2H3. The molecule has 0 aromatic heterocycles. The molecule has 106 valence electrons. The van der Waals surface area contributed by atoms with E-state index in [4.69, 9.17) is 11.6 Å². The summed E-state index contributed by atoms with van der Waals surface area (Å²) in [4.78, 5) is 13.1. The van der Waals surface area contributed by atoms with E-state index < -0.39 is 10.0 Å². The third-order valence-corrected chi connectivity index (χ3v) is 3.61. The summed E-state index contributed by atoms with van der Waals surface area (Å²) in [6, 6.07) is 7.25. The highest BCUT2D eigenvalue weighted by atomic mass is 35.5. The second-order valence-corrected chi connectivity index (χ2v) is 6.44. The van der Waals surface area contributed by atoms with E-state index in [-0.39, 0.29) is 12.5 Å². The highest BCUT2D eigenvalue weighted by Gasteiger charge is 2.11. The van der Waals surface area contributed by atoms with Gasteiger partial charge in [-0.25, -0.2) is 13.1 Å². The highest BCUT2D eigenvalue weighted by molar-refractivity contribution is 7.88. The van der Waals surface area contributed by atoms with Gasteiger partial charge in [-0.15, -0.1) is 0 Å². The average molecular weight is 305 g/mol. The van der Waals surface area contributed by atoms with Crippen molar-refractivity contribution in [3.05, 3.63) is 34.9 Å². The molecule has 0 heterocycles. The van der Waals surface area contributed by atoms with Crippen molar-refractivity contribution in [2.45, 2.75) is 13.5 Å². The molecular formula is C12H17ClN2O3S. The topological polar surface area (TPSA) is 66.5 Å². The fourth-order valence-corrected chi connectivity index (χ4v) is 2.20. The number of hydrogen-bond donors (Lipinski definition) is 1. The number of sulfonamides is 1. The lowest BCUT2D eigenvalue weighted by molar-refractivity contribution is -0.129. The van der Waals surface area contributed by atoms with E-state index in [1.807, 2.05) is 18.2 Å². The molecule has 5 nitrogen and oxygen atoms in total. The number of carbonyl (C=O) groups is 1. The predicted octanol–water partition coefficient (Wildman–Crippen LogP) is 1.24. The van der Waals surface area contributed by atoms with Crippen LogP contribution in [0.1, 0.15) is 12.5 Å². The van der Waals surface area contributed by atoms with E-state index in [0.29, 0.717) is 18.1 Å². The molecule has 0 atom stereocenters. The fourth-order valence-electron chi connectivity index (χ4n) is 1.55. The van der Waals surface area contributed by atoms with Gasteiger partial charge in [0.25, 0.3) is 0 Å². The van der Waals surface area contributed by atoms with Gasteiger partial charge < -0.3 is 4.90 Å². The van der Waals surface area contributed by atoms with Gasteiger partial charge >= 0.3 is 0 Å². The molecule has 0 aliphatic carbocycles. The summed E-state index contributed by atoms with van der Waals surface area (Å²) < 4.78 is 24.3. The van der Waals surface area contributed by atoms with Crippen LogP contribution in [0.25, 0.3) is 0 Å². The number of amides is 1. The Hall–Kier alpha value is -1.11. The van der Waals surface area contributed by atoms with Crippen molar-refractivity contribution >= 4 is 27.5 Å². The first-order valence-corrected chi connectivity index (χ1v) is 8.00. The van der Waals surface area contributed by atoms with Crippen molar-refractivity contribution in [3.63, 3.8) is 0 Å². The maximum atomic E-state index is 11.5. The van der Waals surface area contributed by atoms with Crippen LogP contribution in [0.4, 0.5) is 0 Å². The Morgan fingerprint density at radius 2 is 2.00 bits per heavy atom. The first-order valence-electron chi connectivity index (χ1n) is 5.73. The molecule has 1 N–H and O–H groups in total. The van der Waals surface area contributed by atoms with E-state index in [1.165, 1.54) is 6.92 Å². The van der Waals surface area contributed by atoms with Gasteiger partial charge in [0.2, 0.25) is 15.9 Å². The first-order chi connectivity index (χ1) is 8.79. The molecule has 1 aromatic carbocycles. The molecule has 7 heteroatoms. The summed E-state index contributed by atoms with van der Waals surface area (Å²) in [5, 5.41) is 0.588. The van der Waals surface area contributed by atoms with Gasteiger partial charge in [0.05, 0.1) is 6.26 Å². The summed E-state index contributed by atoms with van der Waals surface area (Å²) in [5.74, 6) is -0.129. The molecule has 1 rings (SSSR count). The minimum absolute atomic E-state index is 0.129. The van der Waals surface area contributed by atoms with Crippen LogP contribution in [0.3, 0.4) is 0 Å². The maximum Gasteiger partial charge on any atom is 0.219 e. The summed E-state index contributed by atoms with van der Waals surface area (Å²) >= 11 is 6.03. The Labute approximate surface area is 118 Å². The smallest absolute Gasteiger partial charge is 0.219 e.